The first-order valence-electron chi connectivity index (χ1n) is 5.53. The number of rotatable bonds is 6. The zero-order valence-corrected chi connectivity index (χ0v) is 10.0. The van der Waals surface area contributed by atoms with Crippen molar-refractivity contribution >= 4 is 0 Å². The molecule has 0 amide bonds. The van der Waals surface area contributed by atoms with E-state index in [1.807, 2.05) is 0 Å². The third-order valence-corrected chi connectivity index (χ3v) is 2.01. The van der Waals surface area contributed by atoms with Crippen molar-refractivity contribution in [3.63, 3.8) is 0 Å². The van der Waals surface area contributed by atoms with Gasteiger partial charge in [0.1, 0.15) is 0 Å². The molecule has 0 aromatic heterocycles. The van der Waals surface area contributed by atoms with Crippen molar-refractivity contribution in [3.05, 3.63) is 0 Å². The lowest BCUT2D eigenvalue weighted by molar-refractivity contribution is 0.0874. The maximum Gasteiger partial charge on any atom is 0.0491 e. The molecule has 0 aromatic carbocycles. The van der Waals surface area contributed by atoms with Crippen molar-refractivity contribution in [2.45, 2.75) is 53.9 Å². The Hall–Kier alpha value is -0.0400. The van der Waals surface area contributed by atoms with Crippen LogP contribution in [0.25, 0.3) is 0 Å². The summed E-state index contributed by atoms with van der Waals surface area (Å²) in [6.45, 7) is 13.2. The Morgan fingerprint density at radius 1 is 1.23 bits per heavy atom. The average Bonchev–Trinajstić information content (AvgIpc) is 1.94. The summed E-state index contributed by atoms with van der Waals surface area (Å²) in [6, 6.07) is 0. The van der Waals surface area contributed by atoms with Crippen LogP contribution in [-0.4, -0.2) is 13.2 Å². The molecule has 0 saturated carbocycles. The summed E-state index contributed by atoms with van der Waals surface area (Å²) in [5, 5.41) is 0. The van der Waals surface area contributed by atoms with Crippen LogP contribution < -0.4 is 0 Å². The molecule has 0 saturated heterocycles. The molecule has 13 heavy (non-hydrogen) atoms. The van der Waals surface area contributed by atoms with E-state index in [0.717, 1.165) is 13.2 Å². The van der Waals surface area contributed by atoms with E-state index in [2.05, 4.69) is 34.6 Å². The van der Waals surface area contributed by atoms with E-state index in [1.54, 1.807) is 0 Å². The normalized spacial score (nSPS) is 14.5. The lowest BCUT2D eigenvalue weighted by Gasteiger charge is -2.23. The predicted molar refractivity (Wildman–Crippen MR) is 59.0 cm³/mol. The summed E-state index contributed by atoms with van der Waals surface area (Å²) >= 11 is 0. The predicted octanol–water partition coefficient (Wildman–Crippen LogP) is 3.88. The fourth-order valence-electron chi connectivity index (χ4n) is 1.64. The van der Waals surface area contributed by atoms with Crippen LogP contribution >= 0.6 is 0 Å². The molecule has 0 spiro atoms. The fraction of sp³-hybridized carbons (Fsp3) is 1.00. The first kappa shape index (κ1) is 13.0. The Labute approximate surface area is 83.9 Å². The van der Waals surface area contributed by atoms with Crippen molar-refractivity contribution in [2.24, 2.45) is 11.3 Å². The highest BCUT2D eigenvalue weighted by molar-refractivity contribution is 4.65. The molecule has 0 aliphatic heterocycles. The van der Waals surface area contributed by atoms with Crippen LogP contribution in [0.5, 0.6) is 0 Å². The minimum absolute atomic E-state index is 0.438. The Balaban J connectivity index is 3.35. The van der Waals surface area contributed by atoms with Gasteiger partial charge in [0.15, 0.2) is 0 Å². The molecule has 1 unspecified atom stereocenters. The molecule has 1 atom stereocenters. The lowest BCUT2D eigenvalue weighted by atomic mass is 9.86. The molecule has 1 nitrogen and oxygen atoms in total. The van der Waals surface area contributed by atoms with Gasteiger partial charge in [0.05, 0.1) is 0 Å². The molecular weight excluding hydrogens is 160 g/mol. The molecule has 0 aromatic rings. The molecule has 0 N–H and O–H groups in total. The van der Waals surface area contributed by atoms with Crippen molar-refractivity contribution in [2.75, 3.05) is 13.2 Å². The highest BCUT2D eigenvalue weighted by atomic mass is 16.5. The highest BCUT2D eigenvalue weighted by Crippen LogP contribution is 2.24. The molecule has 0 bridgehead atoms. The second-order valence-electron chi connectivity index (χ2n) is 5.30. The van der Waals surface area contributed by atoms with Crippen LogP contribution in [0.1, 0.15) is 53.9 Å². The van der Waals surface area contributed by atoms with E-state index in [-0.39, 0.29) is 0 Å². The smallest absolute Gasteiger partial charge is 0.0491 e. The summed E-state index contributed by atoms with van der Waals surface area (Å²) in [5.74, 6) is 0.692. The van der Waals surface area contributed by atoms with Crippen molar-refractivity contribution < 1.29 is 4.74 Å². The van der Waals surface area contributed by atoms with E-state index in [1.165, 1.54) is 19.3 Å². The van der Waals surface area contributed by atoms with Gasteiger partial charge in [0, 0.05) is 13.2 Å². The second-order valence-corrected chi connectivity index (χ2v) is 5.30. The number of ether oxygens (including phenoxy) is 1. The van der Waals surface area contributed by atoms with E-state index in [0.29, 0.717) is 11.3 Å². The standard InChI is InChI=1S/C12H26O/c1-6-7-8-13-10-11(2)9-12(3,4)5/h11H,6-10H2,1-5H3. The minimum atomic E-state index is 0.438. The Morgan fingerprint density at radius 2 is 1.85 bits per heavy atom. The summed E-state index contributed by atoms with van der Waals surface area (Å²) in [7, 11) is 0. The highest BCUT2D eigenvalue weighted by Gasteiger charge is 2.14. The van der Waals surface area contributed by atoms with E-state index >= 15 is 0 Å². The Morgan fingerprint density at radius 3 is 2.31 bits per heavy atom. The van der Waals surface area contributed by atoms with Crippen molar-refractivity contribution in [1.82, 2.24) is 0 Å². The van der Waals surface area contributed by atoms with Crippen LogP contribution in [0, 0.1) is 11.3 Å². The van der Waals surface area contributed by atoms with Gasteiger partial charge in [-0.2, -0.15) is 0 Å². The van der Waals surface area contributed by atoms with Gasteiger partial charge in [-0.25, -0.2) is 0 Å². The largest absolute Gasteiger partial charge is 0.381 e. The third kappa shape index (κ3) is 9.88. The van der Waals surface area contributed by atoms with Crippen LogP contribution in [-0.2, 0) is 4.74 Å². The van der Waals surface area contributed by atoms with Gasteiger partial charge in [-0.15, -0.1) is 0 Å². The van der Waals surface area contributed by atoms with Crippen LogP contribution in [0.4, 0.5) is 0 Å². The van der Waals surface area contributed by atoms with E-state index < -0.39 is 0 Å². The van der Waals surface area contributed by atoms with E-state index in [4.69, 9.17) is 4.74 Å². The summed E-state index contributed by atoms with van der Waals surface area (Å²) < 4.78 is 5.58. The molecule has 80 valence electrons. The number of hydrogen-bond acceptors (Lipinski definition) is 1. The molecule has 0 heterocycles. The molecule has 0 aliphatic carbocycles. The van der Waals surface area contributed by atoms with Gasteiger partial charge in [0.25, 0.3) is 0 Å². The minimum Gasteiger partial charge on any atom is -0.381 e. The van der Waals surface area contributed by atoms with E-state index in [9.17, 15) is 0 Å². The molecule has 0 radical (unpaired) electrons. The maximum atomic E-state index is 5.58. The topological polar surface area (TPSA) is 9.23 Å². The van der Waals surface area contributed by atoms with Crippen molar-refractivity contribution in [3.8, 4) is 0 Å². The van der Waals surface area contributed by atoms with Crippen LogP contribution in [0.3, 0.4) is 0 Å². The number of hydrogen-bond donors (Lipinski definition) is 0. The van der Waals surface area contributed by atoms with Gasteiger partial charge < -0.3 is 4.74 Å². The molecule has 0 fully saturated rings. The van der Waals surface area contributed by atoms with Gasteiger partial charge in [-0.3, -0.25) is 0 Å². The second kappa shape index (κ2) is 6.42. The first-order valence-corrected chi connectivity index (χ1v) is 5.53. The van der Waals surface area contributed by atoms with Gasteiger partial charge >= 0.3 is 0 Å². The third-order valence-electron chi connectivity index (χ3n) is 2.01. The molecule has 0 rings (SSSR count). The first-order chi connectivity index (χ1) is 5.95. The lowest BCUT2D eigenvalue weighted by Crippen LogP contribution is -2.15. The number of unbranched alkanes of at least 4 members (excludes halogenated alkanes) is 1. The SMILES string of the molecule is CCCCOCC(C)CC(C)(C)C. The summed E-state index contributed by atoms with van der Waals surface area (Å²) in [6.07, 6.45) is 3.68. The molecular formula is C12H26O. The van der Waals surface area contributed by atoms with Gasteiger partial charge in [-0.1, -0.05) is 41.0 Å². The van der Waals surface area contributed by atoms with Crippen molar-refractivity contribution in [1.29, 1.82) is 0 Å². The van der Waals surface area contributed by atoms with Gasteiger partial charge in [0.2, 0.25) is 0 Å². The maximum absolute atomic E-state index is 5.58. The molecule has 1 heteroatoms. The van der Waals surface area contributed by atoms with Gasteiger partial charge in [-0.05, 0) is 24.2 Å². The average molecular weight is 186 g/mol. The Kier molecular flexibility index (Phi) is 6.40. The fourth-order valence-corrected chi connectivity index (χ4v) is 1.64. The Bertz CT molecular complexity index is 113. The zero-order chi connectivity index (χ0) is 10.3. The van der Waals surface area contributed by atoms with Crippen LogP contribution in [0.2, 0.25) is 0 Å². The zero-order valence-electron chi connectivity index (χ0n) is 10.0. The monoisotopic (exact) mass is 186 g/mol. The summed E-state index contributed by atoms with van der Waals surface area (Å²) in [5.41, 5.74) is 0.438. The quantitative estimate of drug-likeness (QED) is 0.572. The van der Waals surface area contributed by atoms with Crippen LogP contribution in [0.15, 0.2) is 0 Å². The molecule has 0 aliphatic rings. The summed E-state index contributed by atoms with van der Waals surface area (Å²) in [4.78, 5) is 0.